The molecule has 0 aromatic carbocycles. The van der Waals surface area contributed by atoms with Crippen LogP contribution in [0, 0.1) is 0 Å². The number of rotatable bonds is 1. The summed E-state index contributed by atoms with van der Waals surface area (Å²) in [5, 5.41) is 7.64. The van der Waals surface area contributed by atoms with Gasteiger partial charge in [-0.05, 0) is 0 Å². The number of Topliss-reactive ketones (excluding diaryl/α,β-unsaturated/α-hetero) is 1. The van der Waals surface area contributed by atoms with Crippen molar-refractivity contribution in [3.05, 3.63) is 21.9 Å². The third kappa shape index (κ3) is 7.52. The summed E-state index contributed by atoms with van der Waals surface area (Å²) in [4.78, 5) is 18.9. The van der Waals surface area contributed by atoms with Gasteiger partial charge >= 0.3 is 55.1 Å². The van der Waals surface area contributed by atoms with E-state index in [0.717, 1.165) is 6.92 Å². The Labute approximate surface area is 82.5 Å². The minimum Gasteiger partial charge on any atom is -0.476 e. The van der Waals surface area contributed by atoms with E-state index in [1.54, 1.807) is 0 Å². The summed E-state index contributed by atoms with van der Waals surface area (Å²) < 4.78 is 4.67. The summed E-state index contributed by atoms with van der Waals surface area (Å²) in [7, 11) is 0. The smallest absolute Gasteiger partial charge is 0.371 e. The fraction of sp³-hybridized carbons (Fsp3) is 0.125. The Morgan fingerprint density at radius 3 is 1.92 bits per heavy atom. The summed E-state index contributed by atoms with van der Waals surface area (Å²) >= 11 is -0.380. The van der Waals surface area contributed by atoms with E-state index in [4.69, 9.17) is 5.11 Å². The molecule has 4 heteroatoms. The van der Waals surface area contributed by atoms with Crippen molar-refractivity contribution in [3.63, 3.8) is 0 Å². The molecule has 1 aliphatic rings. The summed E-state index contributed by atoms with van der Waals surface area (Å²) in [5.74, 6) is -2.20. The van der Waals surface area contributed by atoms with Crippen LogP contribution >= 0.6 is 0 Å². The Bertz CT molecular complexity index is 203. The third-order valence-electron chi connectivity index (χ3n) is 0.968. The molecular formula is C8H9O3Tl. The van der Waals surface area contributed by atoms with Crippen LogP contribution in [-0.2, 0) is 9.59 Å². The quantitative estimate of drug-likeness (QED) is 0.540. The van der Waals surface area contributed by atoms with Crippen molar-refractivity contribution in [1.29, 1.82) is 0 Å². The topological polar surface area (TPSA) is 54.4 Å². The van der Waals surface area contributed by atoms with E-state index in [2.05, 4.69) is 25.4 Å². The Balaban J connectivity index is 0.000000202. The van der Waals surface area contributed by atoms with Crippen molar-refractivity contribution in [1.82, 2.24) is 0 Å². The van der Waals surface area contributed by atoms with E-state index in [-0.39, 0.29) is 23.7 Å². The average molecular weight is 358 g/mol. The van der Waals surface area contributed by atoms with Crippen LogP contribution in [-0.4, -0.2) is 44.2 Å². The minimum absolute atomic E-state index is 0.380. The molecule has 1 N–H and O–H groups in total. The van der Waals surface area contributed by atoms with Crippen LogP contribution in [0.1, 0.15) is 6.92 Å². The average Bonchev–Trinajstić information content (AvgIpc) is 2.08. The molecule has 3 nitrogen and oxygen atoms in total. The summed E-state index contributed by atoms with van der Waals surface area (Å²) in [5.41, 5.74) is 0. The van der Waals surface area contributed by atoms with Gasteiger partial charge in [-0.15, -0.1) is 0 Å². The molecule has 62 valence electrons. The molecule has 12 heavy (non-hydrogen) atoms. The van der Waals surface area contributed by atoms with Crippen LogP contribution in [0.4, 0.5) is 0 Å². The first-order valence-electron chi connectivity index (χ1n) is 3.38. The van der Waals surface area contributed by atoms with Crippen molar-refractivity contribution in [2.75, 3.05) is 0 Å². The van der Waals surface area contributed by atoms with Crippen molar-refractivity contribution in [3.8, 4) is 0 Å². The van der Waals surface area contributed by atoms with Gasteiger partial charge in [0, 0.05) is 6.92 Å². The number of hydrogen-bond donors (Lipinski definition) is 1. The van der Waals surface area contributed by atoms with Gasteiger partial charge in [0.15, 0.2) is 0 Å². The molecular weight excluding hydrogens is 348 g/mol. The fourth-order valence-corrected chi connectivity index (χ4v) is 2.88. The van der Waals surface area contributed by atoms with Gasteiger partial charge in [0.05, 0.1) is 0 Å². The first-order valence-corrected chi connectivity index (χ1v) is 8.57. The Kier molecular flexibility index (Phi) is 6.74. The monoisotopic (exact) mass is 358 g/mol. The van der Waals surface area contributed by atoms with E-state index in [1.165, 1.54) is 0 Å². The number of allylic oxidation sites excluding steroid dienone is 3. The molecule has 0 amide bonds. The van der Waals surface area contributed by atoms with Crippen molar-refractivity contribution in [2.45, 2.75) is 6.92 Å². The zero-order chi connectivity index (χ0) is 9.40. The predicted octanol–water partition coefficient (Wildman–Crippen LogP) is 0.236. The molecule has 1 heterocycles. The minimum atomic E-state index is -1.38. The van der Waals surface area contributed by atoms with E-state index >= 15 is 0 Å². The van der Waals surface area contributed by atoms with Crippen molar-refractivity contribution >= 4 is 39.1 Å². The molecule has 0 radical (unpaired) electrons. The van der Waals surface area contributed by atoms with Crippen LogP contribution in [0.5, 0.6) is 0 Å². The maximum atomic E-state index is 9.54. The molecule has 0 aromatic heterocycles. The first-order chi connectivity index (χ1) is 5.64. The molecule has 0 fully saturated rings. The maximum absolute atomic E-state index is 9.54. The Hall–Kier alpha value is -0.588. The SMILES string of the molecule is C1=C[CH]=[Tl][CH]=C1.CC(=O)C(=O)O. The second-order valence-corrected chi connectivity index (χ2v) is 6.50. The molecule has 0 aliphatic carbocycles. The maximum Gasteiger partial charge on any atom is 0.371 e. The molecule has 0 saturated heterocycles. The van der Waals surface area contributed by atoms with Crippen molar-refractivity contribution in [2.24, 2.45) is 0 Å². The van der Waals surface area contributed by atoms with Gasteiger partial charge in [-0.1, -0.05) is 0 Å². The second-order valence-electron chi connectivity index (χ2n) is 2.02. The van der Waals surface area contributed by atoms with Crippen molar-refractivity contribution < 1.29 is 14.7 Å². The number of carbonyl (C=O) groups is 2. The molecule has 1 aliphatic heterocycles. The summed E-state index contributed by atoms with van der Waals surface area (Å²) in [6.45, 7) is 1.00. The molecule has 0 saturated carbocycles. The van der Waals surface area contributed by atoms with Gasteiger partial charge in [0.1, 0.15) is 0 Å². The first kappa shape index (κ1) is 11.4. The number of carbonyl (C=O) groups excluding carboxylic acids is 1. The molecule has 0 bridgehead atoms. The van der Waals surface area contributed by atoms with Gasteiger partial charge in [0.2, 0.25) is 5.78 Å². The summed E-state index contributed by atoms with van der Waals surface area (Å²) in [6, 6.07) is 0. The van der Waals surface area contributed by atoms with Gasteiger partial charge in [-0.25, -0.2) is 4.79 Å². The normalized spacial score (nSPS) is 11.1. The van der Waals surface area contributed by atoms with E-state index in [1.807, 2.05) is 0 Å². The van der Waals surface area contributed by atoms with Crippen LogP contribution in [0.2, 0.25) is 0 Å². The number of aliphatic carboxylic acids is 1. The Morgan fingerprint density at radius 2 is 1.83 bits per heavy atom. The fourth-order valence-electron chi connectivity index (χ4n) is 0.385. The number of carboxylic acid groups (broad SMARTS) is 1. The molecule has 0 spiro atoms. The zero-order valence-electron chi connectivity index (χ0n) is 6.73. The van der Waals surface area contributed by atoms with Crippen LogP contribution < -0.4 is 0 Å². The largest absolute Gasteiger partial charge is 0.476 e. The second kappa shape index (κ2) is 7.08. The number of ketones is 1. The van der Waals surface area contributed by atoms with Crippen LogP contribution in [0.3, 0.4) is 0 Å². The number of carboxylic acids is 1. The molecule has 0 atom stereocenters. The molecule has 0 unspecified atom stereocenters. The van der Waals surface area contributed by atoms with E-state index < -0.39 is 11.8 Å². The van der Waals surface area contributed by atoms with E-state index in [9.17, 15) is 9.59 Å². The Morgan fingerprint density at radius 1 is 1.25 bits per heavy atom. The predicted molar refractivity (Wildman–Crippen MR) is 48.4 cm³/mol. The molecule has 1 rings (SSSR count). The zero-order valence-corrected chi connectivity index (χ0v) is 11.2. The van der Waals surface area contributed by atoms with Gasteiger partial charge < -0.3 is 5.11 Å². The third-order valence-corrected chi connectivity index (χ3v) is 4.42. The van der Waals surface area contributed by atoms with Gasteiger partial charge in [-0.3, -0.25) is 4.79 Å². The van der Waals surface area contributed by atoms with Crippen LogP contribution in [0.15, 0.2) is 21.9 Å². The standard InChI is InChI=1S/C5H5.C3H4O3.Tl/c1-3-5-4-2;1-2(4)3(5)6;/h1-5H;1H3,(H,5,6);. The molecule has 0 aromatic rings. The van der Waals surface area contributed by atoms with Gasteiger partial charge in [-0.2, -0.15) is 0 Å². The summed E-state index contributed by atoms with van der Waals surface area (Å²) in [6.07, 6.45) is 6.38. The van der Waals surface area contributed by atoms with Crippen LogP contribution in [0.25, 0.3) is 0 Å². The number of hydrogen-bond acceptors (Lipinski definition) is 2. The van der Waals surface area contributed by atoms with Gasteiger partial charge in [0.25, 0.3) is 0 Å². The van der Waals surface area contributed by atoms with E-state index in [0.29, 0.717) is 0 Å².